The van der Waals surface area contributed by atoms with E-state index in [-0.39, 0.29) is 51.5 Å². The highest BCUT2D eigenvalue weighted by Gasteiger charge is 2.46. The molecule has 2 aromatic carbocycles. The molecule has 2 aromatic rings. The van der Waals surface area contributed by atoms with Crippen molar-refractivity contribution in [3.63, 3.8) is 0 Å². The Bertz CT molecular complexity index is 1270. The van der Waals surface area contributed by atoms with Crippen LogP contribution in [0.2, 0.25) is 10.0 Å². The molecular formula is C22H15Cl2F3N4O3S. The SMILES string of the molecule is Cc1ccc(OCCOc2c(Cl)cc(C=C3C(=N)N4N=C(C(F)(F)F)SC4=NC3=O)cc2Cl)cc1. The lowest BCUT2D eigenvalue weighted by molar-refractivity contribution is -0.114. The third-order valence-corrected chi connectivity index (χ3v) is 6.16. The summed E-state index contributed by atoms with van der Waals surface area (Å²) < 4.78 is 50.1. The second kappa shape index (κ2) is 9.92. The van der Waals surface area contributed by atoms with Crippen LogP contribution in [0.4, 0.5) is 13.2 Å². The average molecular weight is 543 g/mol. The summed E-state index contributed by atoms with van der Waals surface area (Å²) in [5, 5.41) is 10.9. The quantitative estimate of drug-likeness (QED) is 0.360. The molecule has 2 heterocycles. The van der Waals surface area contributed by atoms with Crippen molar-refractivity contribution in [3.05, 3.63) is 63.1 Å². The molecule has 1 N–H and O–H groups in total. The summed E-state index contributed by atoms with van der Waals surface area (Å²) >= 11 is 12.8. The minimum atomic E-state index is -4.72. The van der Waals surface area contributed by atoms with E-state index in [1.165, 1.54) is 18.2 Å². The first-order valence-electron chi connectivity index (χ1n) is 9.91. The van der Waals surface area contributed by atoms with Gasteiger partial charge in [0.25, 0.3) is 5.91 Å². The third-order valence-electron chi connectivity index (χ3n) is 4.65. The molecule has 0 bridgehead atoms. The van der Waals surface area contributed by atoms with Crippen molar-refractivity contribution < 1.29 is 27.4 Å². The van der Waals surface area contributed by atoms with E-state index in [0.29, 0.717) is 16.3 Å². The van der Waals surface area contributed by atoms with E-state index in [1.807, 2.05) is 31.2 Å². The number of carbonyl (C=O) groups is 1. The van der Waals surface area contributed by atoms with Crippen LogP contribution < -0.4 is 9.47 Å². The molecule has 7 nitrogen and oxygen atoms in total. The van der Waals surface area contributed by atoms with Gasteiger partial charge in [-0.25, -0.2) is 0 Å². The van der Waals surface area contributed by atoms with Gasteiger partial charge in [-0.1, -0.05) is 40.9 Å². The number of alkyl halides is 3. The molecule has 4 rings (SSSR count). The summed E-state index contributed by atoms with van der Waals surface area (Å²) in [4.78, 5) is 16.0. The molecule has 2 aliphatic heterocycles. The number of fused-ring (bicyclic) bond motifs is 1. The third kappa shape index (κ3) is 5.63. The van der Waals surface area contributed by atoms with Crippen molar-refractivity contribution >= 4 is 63.0 Å². The predicted octanol–water partition coefficient (Wildman–Crippen LogP) is 5.94. The van der Waals surface area contributed by atoms with Gasteiger partial charge in [0.2, 0.25) is 10.2 Å². The van der Waals surface area contributed by atoms with Gasteiger partial charge < -0.3 is 9.47 Å². The van der Waals surface area contributed by atoms with Gasteiger partial charge in [0.1, 0.15) is 19.0 Å². The monoisotopic (exact) mass is 542 g/mol. The van der Waals surface area contributed by atoms with Crippen LogP contribution in [0.3, 0.4) is 0 Å². The first kappa shape index (κ1) is 25.1. The predicted molar refractivity (Wildman–Crippen MR) is 130 cm³/mol. The Morgan fingerprint density at radius 3 is 2.37 bits per heavy atom. The maximum absolute atomic E-state index is 13.0. The van der Waals surface area contributed by atoms with Gasteiger partial charge in [0.05, 0.1) is 15.6 Å². The molecule has 182 valence electrons. The van der Waals surface area contributed by atoms with Crippen LogP contribution in [0.5, 0.6) is 11.5 Å². The highest BCUT2D eigenvalue weighted by molar-refractivity contribution is 8.27. The summed E-state index contributed by atoms with van der Waals surface area (Å²) in [5.74, 6) is -0.545. The van der Waals surface area contributed by atoms with Gasteiger partial charge in [0.15, 0.2) is 11.6 Å². The first-order valence-corrected chi connectivity index (χ1v) is 11.5. The summed E-state index contributed by atoms with van der Waals surface area (Å²) in [6.45, 7) is 2.36. The average Bonchev–Trinajstić information content (AvgIpc) is 3.21. The number of aryl methyl sites for hydroxylation is 1. The van der Waals surface area contributed by atoms with E-state index in [4.69, 9.17) is 38.1 Å². The van der Waals surface area contributed by atoms with Crippen LogP contribution >= 0.6 is 35.0 Å². The van der Waals surface area contributed by atoms with Gasteiger partial charge in [-0.2, -0.15) is 28.3 Å². The highest BCUT2D eigenvalue weighted by atomic mass is 35.5. The number of carbonyl (C=O) groups excluding carboxylic acids is 1. The molecule has 0 aliphatic carbocycles. The number of hydrogen-bond donors (Lipinski definition) is 1. The number of hydrazone groups is 1. The fourth-order valence-electron chi connectivity index (χ4n) is 3.01. The molecule has 0 spiro atoms. The Hall–Kier alpha value is -3.02. The molecule has 0 fully saturated rings. The van der Waals surface area contributed by atoms with Crippen LogP contribution in [0.15, 0.2) is 52.1 Å². The maximum atomic E-state index is 13.0. The smallest absolute Gasteiger partial charge is 0.441 e. The van der Waals surface area contributed by atoms with Gasteiger partial charge in [-0.05, 0) is 54.6 Å². The number of halogens is 5. The van der Waals surface area contributed by atoms with Gasteiger partial charge in [-0.15, -0.1) is 0 Å². The highest BCUT2D eigenvalue weighted by Crippen LogP contribution is 2.37. The van der Waals surface area contributed by atoms with Crippen LogP contribution in [-0.2, 0) is 4.79 Å². The maximum Gasteiger partial charge on any atom is 0.441 e. The second-order valence-corrected chi connectivity index (χ2v) is 9.02. The number of benzene rings is 2. The molecule has 2 aliphatic rings. The molecule has 0 unspecified atom stereocenters. The van der Waals surface area contributed by atoms with Gasteiger partial charge in [-0.3, -0.25) is 10.2 Å². The van der Waals surface area contributed by atoms with E-state index < -0.39 is 23.0 Å². The lowest BCUT2D eigenvalue weighted by atomic mass is 10.1. The molecule has 0 saturated carbocycles. The minimum absolute atomic E-state index is 0.132. The number of rotatable bonds is 6. The Balaban J connectivity index is 1.46. The number of nitrogens with zero attached hydrogens (tertiary/aromatic N) is 3. The Labute approximate surface area is 211 Å². The van der Waals surface area contributed by atoms with Crippen molar-refractivity contribution in [2.24, 2.45) is 10.1 Å². The standard InChI is InChI=1S/C22H15Cl2F3N4O3S/c1-11-2-4-13(5-3-11)33-6-7-34-17-15(23)9-12(10-16(17)24)8-14-18(28)31-21(29-19(14)32)35-20(30-31)22(25,26)27/h2-5,8-10,28H,6-7H2,1H3. The summed E-state index contributed by atoms with van der Waals surface area (Å²) in [6.07, 6.45) is -3.47. The van der Waals surface area contributed by atoms with Crippen molar-refractivity contribution in [3.8, 4) is 11.5 Å². The molecule has 0 saturated heterocycles. The zero-order valence-electron chi connectivity index (χ0n) is 17.8. The molecule has 0 aromatic heterocycles. The van der Waals surface area contributed by atoms with Crippen LogP contribution in [0, 0.1) is 12.3 Å². The zero-order valence-corrected chi connectivity index (χ0v) is 20.1. The Morgan fingerprint density at radius 1 is 1.11 bits per heavy atom. The molecular weight excluding hydrogens is 528 g/mol. The van der Waals surface area contributed by atoms with Crippen molar-refractivity contribution in [2.75, 3.05) is 13.2 Å². The van der Waals surface area contributed by atoms with E-state index >= 15 is 0 Å². The fraction of sp³-hybridized carbons (Fsp3) is 0.182. The number of amidine groups is 2. The second-order valence-electron chi connectivity index (χ2n) is 7.25. The van der Waals surface area contributed by atoms with Crippen LogP contribution in [-0.4, -0.2) is 46.4 Å². The van der Waals surface area contributed by atoms with Gasteiger partial charge >= 0.3 is 6.18 Å². The summed E-state index contributed by atoms with van der Waals surface area (Å²) in [6, 6.07) is 10.4. The normalized spacial score (nSPS) is 16.9. The Morgan fingerprint density at radius 2 is 1.74 bits per heavy atom. The summed E-state index contributed by atoms with van der Waals surface area (Å²) in [7, 11) is 0. The zero-order chi connectivity index (χ0) is 25.3. The molecule has 0 radical (unpaired) electrons. The van der Waals surface area contributed by atoms with Crippen molar-refractivity contribution in [1.82, 2.24) is 5.01 Å². The largest absolute Gasteiger partial charge is 0.490 e. The number of thioether (sulfide) groups is 1. The molecule has 1 amide bonds. The number of nitrogens with one attached hydrogen (secondary N) is 1. The van der Waals surface area contributed by atoms with Crippen LogP contribution in [0.25, 0.3) is 6.08 Å². The van der Waals surface area contributed by atoms with Crippen molar-refractivity contribution in [2.45, 2.75) is 13.1 Å². The minimum Gasteiger partial charge on any atom is -0.490 e. The van der Waals surface area contributed by atoms with E-state index in [0.717, 1.165) is 5.56 Å². The summed E-state index contributed by atoms with van der Waals surface area (Å²) in [5.41, 5.74) is 1.16. The topological polar surface area (TPSA) is 87.3 Å². The number of aliphatic imine (C=N–C) groups is 1. The first-order chi connectivity index (χ1) is 16.5. The molecule has 13 heteroatoms. The van der Waals surface area contributed by atoms with E-state index in [9.17, 15) is 18.0 Å². The molecule has 0 atom stereocenters. The van der Waals surface area contributed by atoms with Gasteiger partial charge in [0, 0.05) is 0 Å². The van der Waals surface area contributed by atoms with E-state index in [1.54, 1.807) is 0 Å². The fourth-order valence-corrected chi connectivity index (χ4v) is 4.38. The lowest BCUT2D eigenvalue weighted by Crippen LogP contribution is -2.35. The van der Waals surface area contributed by atoms with Crippen molar-refractivity contribution in [1.29, 1.82) is 5.41 Å². The number of hydrogen-bond acceptors (Lipinski definition) is 6. The van der Waals surface area contributed by atoms with E-state index in [2.05, 4.69) is 10.1 Å². The lowest BCUT2D eigenvalue weighted by Gasteiger charge is -2.20. The van der Waals surface area contributed by atoms with Crippen LogP contribution in [0.1, 0.15) is 11.1 Å². The number of amides is 1. The Kier molecular flexibility index (Phi) is 7.11. The molecule has 35 heavy (non-hydrogen) atoms. The number of ether oxygens (including phenoxy) is 2.